The second kappa shape index (κ2) is 9.35. The number of anilines is 1. The Balaban J connectivity index is 1.34. The van der Waals surface area contributed by atoms with Crippen LogP contribution in [0.2, 0.25) is 0 Å². The summed E-state index contributed by atoms with van der Waals surface area (Å²) >= 11 is 3.07. The molecule has 5 rings (SSSR count). The van der Waals surface area contributed by atoms with Gasteiger partial charge in [-0.05, 0) is 56.5 Å². The molecule has 7 nitrogen and oxygen atoms in total. The molecule has 0 unspecified atom stereocenters. The van der Waals surface area contributed by atoms with Crippen LogP contribution in [0.15, 0.2) is 22.7 Å². The van der Waals surface area contributed by atoms with Crippen LogP contribution in [0.5, 0.6) is 0 Å². The largest absolute Gasteiger partial charge is 0.327 e. The Morgan fingerprint density at radius 1 is 1.18 bits per heavy atom. The number of carbonyl (C=O) groups excluding carboxylic acids is 1. The number of thioether (sulfide) groups is 1. The third-order valence-corrected chi connectivity index (χ3v) is 8.53. The van der Waals surface area contributed by atoms with Gasteiger partial charge in [-0.25, -0.2) is 0 Å². The Kier molecular flexibility index (Phi) is 6.30. The maximum Gasteiger partial charge on any atom is 0.235 e. The lowest BCUT2D eigenvalue weighted by atomic mass is 9.95. The van der Waals surface area contributed by atoms with Gasteiger partial charge in [-0.3, -0.25) is 9.36 Å². The summed E-state index contributed by atoms with van der Waals surface area (Å²) in [4.78, 5) is 14.1. The van der Waals surface area contributed by atoms with E-state index in [0.29, 0.717) is 23.5 Å². The molecule has 3 aromatic heterocycles. The lowest BCUT2D eigenvalue weighted by Gasteiger charge is -2.27. The zero-order chi connectivity index (χ0) is 22.9. The Bertz CT molecular complexity index is 1190. The second-order valence-corrected chi connectivity index (χ2v) is 10.8. The van der Waals surface area contributed by atoms with Gasteiger partial charge in [0.15, 0.2) is 11.0 Å². The first kappa shape index (κ1) is 22.2. The third kappa shape index (κ3) is 4.34. The van der Waals surface area contributed by atoms with Gasteiger partial charge in [-0.1, -0.05) is 37.1 Å². The molecule has 2 saturated carbocycles. The van der Waals surface area contributed by atoms with Crippen LogP contribution < -0.4 is 5.32 Å². The molecule has 33 heavy (non-hydrogen) atoms. The number of aromatic nitrogens is 4. The first-order chi connectivity index (χ1) is 16.1. The van der Waals surface area contributed by atoms with Gasteiger partial charge in [-0.15, -0.1) is 21.5 Å². The highest BCUT2D eigenvalue weighted by Crippen LogP contribution is 2.42. The molecular weight excluding hydrogens is 452 g/mol. The van der Waals surface area contributed by atoms with Crippen molar-refractivity contribution >= 4 is 34.8 Å². The average molecular weight is 481 g/mol. The van der Waals surface area contributed by atoms with E-state index in [1.165, 1.54) is 31.0 Å². The van der Waals surface area contributed by atoms with Gasteiger partial charge in [0.05, 0.1) is 16.2 Å². The van der Waals surface area contributed by atoms with Crippen molar-refractivity contribution in [2.45, 2.75) is 76.0 Å². The number of hydrogen-bond acceptors (Lipinski definition) is 6. The van der Waals surface area contributed by atoms with Crippen LogP contribution in [-0.2, 0) is 4.79 Å². The zero-order valence-corrected chi connectivity index (χ0v) is 20.6. The number of nitrogens with one attached hydrogen (secondary N) is 1. The van der Waals surface area contributed by atoms with Gasteiger partial charge < -0.3 is 9.88 Å². The summed E-state index contributed by atoms with van der Waals surface area (Å²) in [6.07, 6.45) is 8.06. The number of amides is 1. The van der Waals surface area contributed by atoms with E-state index >= 15 is 0 Å². The molecule has 2 aliphatic carbocycles. The molecule has 0 radical (unpaired) electrons. The first-order valence-corrected chi connectivity index (χ1v) is 13.5. The molecule has 0 atom stereocenters. The summed E-state index contributed by atoms with van der Waals surface area (Å²) < 4.78 is 4.39. The van der Waals surface area contributed by atoms with Crippen LogP contribution in [0.3, 0.4) is 0 Å². The van der Waals surface area contributed by atoms with Crippen LogP contribution >= 0.6 is 23.1 Å². The minimum absolute atomic E-state index is 0.117. The number of thiophene rings is 1. The van der Waals surface area contributed by atoms with Crippen LogP contribution in [0.25, 0.3) is 10.7 Å². The number of nitrogens with zero attached hydrogens (tertiary/aromatic N) is 5. The van der Waals surface area contributed by atoms with E-state index in [0.717, 1.165) is 52.8 Å². The van der Waals surface area contributed by atoms with E-state index in [4.69, 9.17) is 0 Å². The van der Waals surface area contributed by atoms with Crippen molar-refractivity contribution in [1.29, 1.82) is 5.26 Å². The SMILES string of the molecule is Cc1c(C#N)c(NC(=O)CSc2nnc(-c3cccs3)n2C2CC2)n(C2CCCCC2)c1C. The predicted octanol–water partition coefficient (Wildman–Crippen LogP) is 5.87. The topological polar surface area (TPSA) is 88.5 Å². The second-order valence-electron chi connectivity index (χ2n) is 8.93. The highest BCUT2D eigenvalue weighted by Gasteiger charge is 2.31. The summed E-state index contributed by atoms with van der Waals surface area (Å²) in [7, 11) is 0. The quantitative estimate of drug-likeness (QED) is 0.427. The zero-order valence-electron chi connectivity index (χ0n) is 19.0. The van der Waals surface area contributed by atoms with E-state index < -0.39 is 0 Å². The van der Waals surface area contributed by atoms with Crippen LogP contribution in [0, 0.1) is 25.2 Å². The molecular formula is C24H28N6OS2. The van der Waals surface area contributed by atoms with Gasteiger partial charge in [0.25, 0.3) is 0 Å². The summed E-state index contributed by atoms with van der Waals surface area (Å²) in [5.74, 6) is 1.66. The van der Waals surface area contributed by atoms with E-state index in [1.54, 1.807) is 11.3 Å². The fourth-order valence-electron chi connectivity index (χ4n) is 4.79. The molecule has 172 valence electrons. The maximum atomic E-state index is 13.0. The van der Waals surface area contributed by atoms with Crippen LogP contribution in [0.1, 0.15) is 73.9 Å². The van der Waals surface area contributed by atoms with Gasteiger partial charge in [0, 0.05) is 17.8 Å². The molecule has 1 N–H and O–H groups in total. The number of carbonyl (C=O) groups is 1. The molecule has 0 saturated heterocycles. The molecule has 9 heteroatoms. The molecule has 1 amide bonds. The minimum Gasteiger partial charge on any atom is -0.327 e. The van der Waals surface area contributed by atoms with Crippen molar-refractivity contribution in [2.75, 3.05) is 11.1 Å². The van der Waals surface area contributed by atoms with E-state index in [-0.39, 0.29) is 11.7 Å². The van der Waals surface area contributed by atoms with Crippen LogP contribution in [-0.4, -0.2) is 31.0 Å². The Morgan fingerprint density at radius 3 is 2.61 bits per heavy atom. The smallest absolute Gasteiger partial charge is 0.235 e. The van der Waals surface area contributed by atoms with E-state index in [1.807, 2.05) is 18.4 Å². The van der Waals surface area contributed by atoms with Crippen molar-refractivity contribution in [2.24, 2.45) is 0 Å². The highest BCUT2D eigenvalue weighted by molar-refractivity contribution is 7.99. The van der Waals surface area contributed by atoms with E-state index in [2.05, 4.69) is 43.7 Å². The van der Waals surface area contributed by atoms with Crippen molar-refractivity contribution in [3.05, 3.63) is 34.3 Å². The Hall–Kier alpha value is -2.57. The lowest BCUT2D eigenvalue weighted by molar-refractivity contribution is -0.113. The standard InChI is InChI=1S/C24H28N6OS2/c1-15-16(2)29(17-7-4-3-5-8-17)22(19(15)13-25)26-21(31)14-33-24-28-27-23(20-9-6-12-32-20)30(24)18-10-11-18/h6,9,12,17-18H,3-5,7-8,10-11,14H2,1-2H3,(H,26,31). The molecule has 2 fully saturated rings. The maximum absolute atomic E-state index is 13.0. The average Bonchev–Trinajstić information content (AvgIpc) is 3.25. The molecule has 2 aliphatic rings. The normalized spacial score (nSPS) is 16.6. The van der Waals surface area contributed by atoms with Crippen molar-refractivity contribution in [3.63, 3.8) is 0 Å². The Labute approximate surface area is 202 Å². The van der Waals surface area contributed by atoms with Crippen LogP contribution in [0.4, 0.5) is 5.82 Å². The summed E-state index contributed by atoms with van der Waals surface area (Å²) in [5, 5.41) is 24.5. The molecule has 0 bridgehead atoms. The fraction of sp³-hybridized carbons (Fsp3) is 0.500. The monoisotopic (exact) mass is 480 g/mol. The molecule has 0 spiro atoms. The summed E-state index contributed by atoms with van der Waals surface area (Å²) in [6, 6.07) is 7.16. The number of hydrogen-bond donors (Lipinski definition) is 1. The fourth-order valence-corrected chi connectivity index (χ4v) is 6.30. The molecule has 0 aliphatic heterocycles. The number of nitriles is 1. The van der Waals surface area contributed by atoms with Crippen molar-refractivity contribution in [3.8, 4) is 16.8 Å². The molecule has 3 heterocycles. The summed E-state index contributed by atoms with van der Waals surface area (Å²) in [5.41, 5.74) is 2.62. The molecule has 3 aromatic rings. The Morgan fingerprint density at radius 2 is 1.94 bits per heavy atom. The lowest BCUT2D eigenvalue weighted by Crippen LogP contribution is -2.22. The third-order valence-electron chi connectivity index (χ3n) is 6.72. The van der Waals surface area contributed by atoms with Gasteiger partial charge in [-0.2, -0.15) is 5.26 Å². The highest BCUT2D eigenvalue weighted by atomic mass is 32.2. The van der Waals surface area contributed by atoms with Gasteiger partial charge >= 0.3 is 0 Å². The predicted molar refractivity (Wildman–Crippen MR) is 132 cm³/mol. The van der Waals surface area contributed by atoms with Crippen molar-refractivity contribution in [1.82, 2.24) is 19.3 Å². The van der Waals surface area contributed by atoms with Gasteiger partial charge in [0.1, 0.15) is 11.9 Å². The van der Waals surface area contributed by atoms with E-state index in [9.17, 15) is 10.1 Å². The van der Waals surface area contributed by atoms with Gasteiger partial charge in [0.2, 0.25) is 5.91 Å². The number of rotatable bonds is 7. The first-order valence-electron chi connectivity index (χ1n) is 11.6. The minimum atomic E-state index is -0.117. The van der Waals surface area contributed by atoms with Crippen molar-refractivity contribution < 1.29 is 4.79 Å². The molecule has 0 aromatic carbocycles. The summed E-state index contributed by atoms with van der Waals surface area (Å²) in [6.45, 7) is 4.03.